The Kier molecular flexibility index (Phi) is 5.36. The van der Waals surface area contributed by atoms with E-state index < -0.39 is 30.5 Å². The molecule has 0 saturated carbocycles. The second-order valence-corrected chi connectivity index (χ2v) is 6.98. The van der Waals surface area contributed by atoms with E-state index >= 15 is 0 Å². The lowest BCUT2D eigenvalue weighted by Gasteiger charge is -2.19. The van der Waals surface area contributed by atoms with E-state index in [1.807, 2.05) is 30.3 Å². The van der Waals surface area contributed by atoms with Crippen molar-refractivity contribution in [1.29, 1.82) is 0 Å². The lowest BCUT2D eigenvalue weighted by molar-refractivity contribution is -0.187. The molecule has 3 rings (SSSR count). The molecule has 2 atom stereocenters. The van der Waals surface area contributed by atoms with Crippen molar-refractivity contribution in [2.75, 3.05) is 18.0 Å². The SMILES string of the molecule is O=C(O)[C@@H]1CN(c2cncc(SCc3ccccc3)n2)C[C@H]1C(F)(F)F. The Bertz CT molecular complexity index is 773. The number of aromatic nitrogens is 2. The van der Waals surface area contributed by atoms with Crippen molar-refractivity contribution in [1.82, 2.24) is 9.97 Å². The number of benzene rings is 1. The fraction of sp³-hybridized carbons (Fsp3) is 0.353. The minimum atomic E-state index is -4.56. The Hall–Kier alpha value is -2.29. The molecule has 1 aliphatic heterocycles. The largest absolute Gasteiger partial charge is 0.481 e. The fourth-order valence-corrected chi connectivity index (χ4v) is 3.66. The molecule has 5 nitrogen and oxygen atoms in total. The number of hydrogen-bond acceptors (Lipinski definition) is 5. The Morgan fingerprint density at radius 2 is 1.96 bits per heavy atom. The summed E-state index contributed by atoms with van der Waals surface area (Å²) in [4.78, 5) is 20.9. The number of carboxylic acid groups (broad SMARTS) is 1. The molecule has 0 amide bonds. The minimum absolute atomic E-state index is 0.235. The molecule has 1 aromatic heterocycles. The molecule has 9 heteroatoms. The molecule has 26 heavy (non-hydrogen) atoms. The van der Waals surface area contributed by atoms with Gasteiger partial charge in [-0.1, -0.05) is 30.3 Å². The van der Waals surface area contributed by atoms with Crippen LogP contribution in [0.1, 0.15) is 5.56 Å². The van der Waals surface area contributed by atoms with Gasteiger partial charge < -0.3 is 10.0 Å². The number of carboxylic acids is 1. The topological polar surface area (TPSA) is 66.3 Å². The van der Waals surface area contributed by atoms with Crippen LogP contribution in [0.15, 0.2) is 47.8 Å². The first-order chi connectivity index (χ1) is 12.3. The highest BCUT2D eigenvalue weighted by molar-refractivity contribution is 7.98. The quantitative estimate of drug-likeness (QED) is 0.798. The molecule has 0 unspecified atom stereocenters. The third-order valence-corrected chi connectivity index (χ3v) is 5.18. The van der Waals surface area contributed by atoms with E-state index in [0.29, 0.717) is 10.8 Å². The second-order valence-electron chi connectivity index (χ2n) is 5.99. The first-order valence-corrected chi connectivity index (χ1v) is 8.86. The van der Waals surface area contributed by atoms with Gasteiger partial charge >= 0.3 is 12.1 Å². The number of thioether (sulfide) groups is 1. The first kappa shape index (κ1) is 18.5. The summed E-state index contributed by atoms with van der Waals surface area (Å²) in [6.07, 6.45) is -1.65. The van der Waals surface area contributed by atoms with Gasteiger partial charge in [-0.3, -0.25) is 9.78 Å². The zero-order chi connectivity index (χ0) is 18.7. The number of alkyl halides is 3. The van der Waals surface area contributed by atoms with Crippen LogP contribution in [-0.4, -0.2) is 40.3 Å². The Labute approximate surface area is 152 Å². The zero-order valence-electron chi connectivity index (χ0n) is 13.6. The molecule has 0 radical (unpaired) electrons. The molecule has 1 aromatic carbocycles. The zero-order valence-corrected chi connectivity index (χ0v) is 14.4. The predicted molar refractivity (Wildman–Crippen MR) is 90.9 cm³/mol. The highest BCUT2D eigenvalue weighted by Gasteiger charge is 2.52. The molecule has 1 aliphatic rings. The molecular weight excluding hydrogens is 367 g/mol. The fourth-order valence-electron chi connectivity index (χ4n) is 2.86. The summed E-state index contributed by atoms with van der Waals surface area (Å²) >= 11 is 1.42. The van der Waals surface area contributed by atoms with Crippen molar-refractivity contribution in [2.45, 2.75) is 17.0 Å². The van der Waals surface area contributed by atoms with Crippen molar-refractivity contribution >= 4 is 23.5 Å². The van der Waals surface area contributed by atoms with Crippen LogP contribution in [0, 0.1) is 11.8 Å². The second kappa shape index (κ2) is 7.53. The maximum absolute atomic E-state index is 13.1. The van der Waals surface area contributed by atoms with E-state index in [0.717, 1.165) is 5.56 Å². The van der Waals surface area contributed by atoms with Gasteiger partial charge in [0.25, 0.3) is 0 Å². The Morgan fingerprint density at radius 1 is 1.23 bits per heavy atom. The number of aliphatic carboxylic acids is 1. The van der Waals surface area contributed by atoms with Crippen LogP contribution < -0.4 is 4.90 Å². The highest BCUT2D eigenvalue weighted by Crippen LogP contribution is 2.39. The number of anilines is 1. The lowest BCUT2D eigenvalue weighted by atomic mass is 9.96. The van der Waals surface area contributed by atoms with Crippen molar-refractivity contribution in [2.24, 2.45) is 11.8 Å². The van der Waals surface area contributed by atoms with E-state index in [1.54, 1.807) is 6.20 Å². The van der Waals surface area contributed by atoms with Gasteiger partial charge in [0.15, 0.2) is 0 Å². The molecule has 2 heterocycles. The molecule has 1 fully saturated rings. The third kappa shape index (κ3) is 4.27. The Morgan fingerprint density at radius 3 is 2.58 bits per heavy atom. The average Bonchev–Trinajstić information content (AvgIpc) is 3.07. The summed E-state index contributed by atoms with van der Waals surface area (Å²) in [5.74, 6) is -3.94. The first-order valence-electron chi connectivity index (χ1n) is 7.88. The van der Waals surface area contributed by atoms with Gasteiger partial charge in [0.1, 0.15) is 10.8 Å². The summed E-state index contributed by atoms with van der Waals surface area (Å²) in [5, 5.41) is 9.69. The lowest BCUT2D eigenvalue weighted by Crippen LogP contribution is -2.33. The monoisotopic (exact) mass is 383 g/mol. The summed E-state index contributed by atoms with van der Waals surface area (Å²) in [5.41, 5.74) is 1.09. The van der Waals surface area contributed by atoms with Crippen LogP contribution in [0.25, 0.3) is 0 Å². The number of carbonyl (C=O) groups is 1. The molecule has 2 aromatic rings. The number of rotatable bonds is 5. The summed E-state index contributed by atoms with van der Waals surface area (Å²) in [6, 6.07) is 9.70. The van der Waals surface area contributed by atoms with Crippen LogP contribution in [0.4, 0.5) is 19.0 Å². The number of halogens is 3. The van der Waals surface area contributed by atoms with Gasteiger partial charge in [0.2, 0.25) is 0 Å². The van der Waals surface area contributed by atoms with E-state index in [4.69, 9.17) is 5.11 Å². The molecule has 0 aliphatic carbocycles. The highest BCUT2D eigenvalue weighted by atomic mass is 32.2. The average molecular weight is 383 g/mol. The van der Waals surface area contributed by atoms with Gasteiger partial charge in [-0.25, -0.2) is 4.98 Å². The van der Waals surface area contributed by atoms with Crippen LogP contribution >= 0.6 is 11.8 Å². The maximum atomic E-state index is 13.1. The van der Waals surface area contributed by atoms with Gasteiger partial charge in [-0.2, -0.15) is 13.2 Å². The molecule has 1 N–H and O–H groups in total. The van der Waals surface area contributed by atoms with Crippen LogP contribution in [0.5, 0.6) is 0 Å². The maximum Gasteiger partial charge on any atom is 0.394 e. The molecule has 138 valence electrons. The van der Waals surface area contributed by atoms with Crippen LogP contribution in [-0.2, 0) is 10.5 Å². The van der Waals surface area contributed by atoms with E-state index in [2.05, 4.69) is 9.97 Å². The van der Waals surface area contributed by atoms with Crippen molar-refractivity contribution in [3.05, 3.63) is 48.3 Å². The van der Waals surface area contributed by atoms with Gasteiger partial charge in [-0.05, 0) is 5.56 Å². The predicted octanol–water partition coefficient (Wildman–Crippen LogP) is 3.47. The normalized spacial score (nSPS) is 20.3. The van der Waals surface area contributed by atoms with Crippen molar-refractivity contribution in [3.8, 4) is 0 Å². The molecule has 0 spiro atoms. The third-order valence-electron chi connectivity index (χ3n) is 4.21. The summed E-state index contributed by atoms with van der Waals surface area (Å²) < 4.78 is 39.4. The summed E-state index contributed by atoms with van der Waals surface area (Å²) in [7, 11) is 0. The van der Waals surface area contributed by atoms with Gasteiger partial charge in [-0.15, -0.1) is 11.8 Å². The van der Waals surface area contributed by atoms with Crippen LogP contribution in [0.3, 0.4) is 0 Å². The summed E-state index contributed by atoms with van der Waals surface area (Å²) in [6.45, 7) is -0.664. The molecule has 0 bridgehead atoms. The van der Waals surface area contributed by atoms with Crippen molar-refractivity contribution < 1.29 is 23.1 Å². The molecule has 1 saturated heterocycles. The number of nitrogens with zero attached hydrogens (tertiary/aromatic N) is 3. The molecular formula is C17H16F3N3O2S. The van der Waals surface area contributed by atoms with E-state index in [-0.39, 0.29) is 12.4 Å². The van der Waals surface area contributed by atoms with Gasteiger partial charge in [0.05, 0.1) is 24.2 Å². The number of hydrogen-bond donors (Lipinski definition) is 1. The van der Waals surface area contributed by atoms with Gasteiger partial charge in [0, 0.05) is 18.8 Å². The van der Waals surface area contributed by atoms with E-state index in [1.165, 1.54) is 22.9 Å². The standard InChI is InChI=1S/C17H16F3N3O2S/c18-17(19,20)13-9-23(8-12(13)16(24)25)14-6-21-7-15(22-14)26-10-11-4-2-1-3-5-11/h1-7,12-13H,8-10H2,(H,24,25)/t12-,13-/m1/s1. The minimum Gasteiger partial charge on any atom is -0.481 e. The smallest absolute Gasteiger partial charge is 0.394 e. The Balaban J connectivity index is 1.72. The van der Waals surface area contributed by atoms with E-state index in [9.17, 15) is 18.0 Å². The van der Waals surface area contributed by atoms with Crippen LogP contribution in [0.2, 0.25) is 0 Å². The van der Waals surface area contributed by atoms with Crippen molar-refractivity contribution in [3.63, 3.8) is 0 Å².